The van der Waals surface area contributed by atoms with Crippen LogP contribution in [0.4, 0.5) is 4.39 Å². The van der Waals surface area contributed by atoms with Gasteiger partial charge in [0.1, 0.15) is 11.7 Å². The molecule has 0 unspecified atom stereocenters. The Labute approximate surface area is 118 Å². The fourth-order valence-electron chi connectivity index (χ4n) is 2.70. The normalized spacial score (nSPS) is 20.4. The number of nitrogens with zero attached hydrogens (tertiary/aromatic N) is 3. The van der Waals surface area contributed by atoms with Crippen molar-refractivity contribution in [1.82, 2.24) is 20.1 Å². The molecule has 0 amide bonds. The first-order valence-corrected chi connectivity index (χ1v) is 6.82. The summed E-state index contributed by atoms with van der Waals surface area (Å²) in [7, 11) is 0. The quantitative estimate of drug-likeness (QED) is 0.921. The Morgan fingerprint density at radius 3 is 2.55 bits per heavy atom. The molecule has 0 spiro atoms. The van der Waals surface area contributed by atoms with Gasteiger partial charge in [-0.15, -0.1) is 10.2 Å². The van der Waals surface area contributed by atoms with Crippen molar-refractivity contribution in [2.45, 2.75) is 39.2 Å². The predicted octanol–water partition coefficient (Wildman–Crippen LogP) is 3.04. The molecule has 0 atom stereocenters. The topological polar surface area (TPSA) is 42.7 Å². The van der Waals surface area contributed by atoms with Gasteiger partial charge in [-0.05, 0) is 45.1 Å². The van der Waals surface area contributed by atoms with Crippen molar-refractivity contribution in [2.24, 2.45) is 5.92 Å². The monoisotopic (exact) mass is 274 g/mol. The number of rotatable bonds is 3. The molecule has 5 heteroatoms. The van der Waals surface area contributed by atoms with E-state index in [-0.39, 0.29) is 0 Å². The summed E-state index contributed by atoms with van der Waals surface area (Å²) >= 11 is 0. The molecule has 1 aliphatic carbocycles. The molecule has 0 radical (unpaired) electrons. The van der Waals surface area contributed by atoms with Crippen molar-refractivity contribution >= 4 is 5.70 Å². The summed E-state index contributed by atoms with van der Waals surface area (Å²) in [5, 5.41) is 11.6. The highest BCUT2D eigenvalue weighted by atomic mass is 19.1. The standard InChI is InChI=1S/C15H19FN4/c1-8(11-6-7-11)13-12(9(2)16)17-15(4,5)14-19-18-10(3)20(13)14/h11,17H,1-2,6-7H2,3-5H3. The molecule has 1 saturated carbocycles. The Morgan fingerprint density at radius 2 is 2.00 bits per heavy atom. The Bertz CT molecular complexity index is 647. The van der Waals surface area contributed by atoms with Crippen LogP contribution in [0.5, 0.6) is 0 Å². The lowest BCUT2D eigenvalue weighted by Crippen LogP contribution is -2.43. The molecule has 106 valence electrons. The number of aryl methyl sites for hydroxylation is 1. The van der Waals surface area contributed by atoms with Gasteiger partial charge in [0.05, 0.1) is 16.9 Å². The Hall–Kier alpha value is -1.91. The van der Waals surface area contributed by atoms with Gasteiger partial charge in [0.2, 0.25) is 0 Å². The molecule has 2 heterocycles. The third-order valence-electron chi connectivity index (χ3n) is 3.93. The Morgan fingerprint density at radius 1 is 1.35 bits per heavy atom. The van der Waals surface area contributed by atoms with E-state index in [1.165, 1.54) is 0 Å². The molecule has 0 aromatic carbocycles. The zero-order valence-electron chi connectivity index (χ0n) is 12.1. The van der Waals surface area contributed by atoms with Gasteiger partial charge in [-0.2, -0.15) is 0 Å². The minimum Gasteiger partial charge on any atom is -0.369 e. The van der Waals surface area contributed by atoms with E-state index in [4.69, 9.17) is 0 Å². The first-order valence-electron chi connectivity index (χ1n) is 6.82. The van der Waals surface area contributed by atoms with Crippen LogP contribution in [0.25, 0.3) is 5.70 Å². The molecule has 1 aromatic rings. The smallest absolute Gasteiger partial charge is 0.162 e. The zero-order valence-corrected chi connectivity index (χ0v) is 12.1. The fraction of sp³-hybridized carbons (Fsp3) is 0.467. The third-order valence-corrected chi connectivity index (χ3v) is 3.93. The molecule has 3 rings (SSSR count). The average molecular weight is 274 g/mol. The predicted molar refractivity (Wildman–Crippen MR) is 76.2 cm³/mol. The van der Waals surface area contributed by atoms with Crippen LogP contribution in [0.2, 0.25) is 0 Å². The van der Waals surface area contributed by atoms with Gasteiger partial charge in [0.25, 0.3) is 0 Å². The van der Waals surface area contributed by atoms with Gasteiger partial charge in [-0.1, -0.05) is 13.2 Å². The lowest BCUT2D eigenvalue weighted by atomic mass is 9.96. The molecule has 2 aliphatic rings. The summed E-state index contributed by atoms with van der Waals surface area (Å²) in [5.41, 5.74) is 1.57. The third kappa shape index (κ3) is 1.80. The van der Waals surface area contributed by atoms with Crippen LogP contribution in [0.15, 0.2) is 30.3 Å². The molecule has 1 fully saturated rings. The van der Waals surface area contributed by atoms with E-state index in [2.05, 4.69) is 28.7 Å². The number of allylic oxidation sites excluding steroid dienone is 3. The van der Waals surface area contributed by atoms with Gasteiger partial charge in [-0.3, -0.25) is 4.57 Å². The number of aromatic nitrogens is 3. The van der Waals surface area contributed by atoms with Crippen molar-refractivity contribution in [3.05, 3.63) is 41.9 Å². The molecule has 1 aromatic heterocycles. The molecule has 4 nitrogen and oxygen atoms in total. The van der Waals surface area contributed by atoms with Crippen LogP contribution in [-0.4, -0.2) is 14.8 Å². The molecular weight excluding hydrogens is 255 g/mol. The minimum atomic E-state index is -0.501. The van der Waals surface area contributed by atoms with Gasteiger partial charge >= 0.3 is 0 Å². The first-order chi connectivity index (χ1) is 9.33. The van der Waals surface area contributed by atoms with E-state index in [1.54, 1.807) is 0 Å². The molecular formula is C15H19FN4. The van der Waals surface area contributed by atoms with Crippen LogP contribution < -0.4 is 5.32 Å². The van der Waals surface area contributed by atoms with Crippen molar-refractivity contribution < 1.29 is 4.39 Å². The summed E-state index contributed by atoms with van der Waals surface area (Å²) in [5.74, 6) is 1.47. The SMILES string of the molecule is C=C(F)C1=C(C(=C)C2CC2)n2c(C)nnc2C(C)(C)N1. The highest BCUT2D eigenvalue weighted by molar-refractivity contribution is 5.73. The lowest BCUT2D eigenvalue weighted by Gasteiger charge is -2.35. The van der Waals surface area contributed by atoms with Crippen LogP contribution in [-0.2, 0) is 5.54 Å². The number of hydrogen-bond acceptors (Lipinski definition) is 3. The van der Waals surface area contributed by atoms with Crippen LogP contribution in [0.3, 0.4) is 0 Å². The second-order valence-electron chi connectivity index (χ2n) is 6.08. The first kappa shape index (κ1) is 13.1. The van der Waals surface area contributed by atoms with Gasteiger partial charge in [-0.25, -0.2) is 4.39 Å². The second kappa shape index (κ2) is 4.04. The second-order valence-corrected chi connectivity index (χ2v) is 6.08. The number of halogens is 1. The molecule has 1 aliphatic heterocycles. The summed E-state index contributed by atoms with van der Waals surface area (Å²) in [6.45, 7) is 13.4. The average Bonchev–Trinajstić information content (AvgIpc) is 3.12. The largest absolute Gasteiger partial charge is 0.369 e. The lowest BCUT2D eigenvalue weighted by molar-refractivity contribution is 0.392. The summed E-state index contributed by atoms with van der Waals surface area (Å²) < 4.78 is 15.9. The molecule has 1 N–H and O–H groups in total. The molecule has 0 saturated heterocycles. The van der Waals surface area contributed by atoms with Crippen LogP contribution in [0.1, 0.15) is 38.3 Å². The Balaban J connectivity index is 2.26. The summed E-state index contributed by atoms with van der Waals surface area (Å²) in [6, 6.07) is 0. The summed E-state index contributed by atoms with van der Waals surface area (Å²) in [6.07, 6.45) is 2.21. The molecule has 0 bridgehead atoms. The van der Waals surface area contributed by atoms with Crippen molar-refractivity contribution in [3.63, 3.8) is 0 Å². The van der Waals surface area contributed by atoms with Crippen molar-refractivity contribution in [3.8, 4) is 0 Å². The van der Waals surface area contributed by atoms with E-state index in [0.717, 1.165) is 35.8 Å². The van der Waals surface area contributed by atoms with Crippen molar-refractivity contribution in [1.29, 1.82) is 0 Å². The van der Waals surface area contributed by atoms with E-state index in [9.17, 15) is 4.39 Å². The molecule has 20 heavy (non-hydrogen) atoms. The fourth-order valence-corrected chi connectivity index (χ4v) is 2.70. The zero-order chi connectivity index (χ0) is 14.7. The Kier molecular flexibility index (Phi) is 2.64. The maximum absolute atomic E-state index is 13.9. The van der Waals surface area contributed by atoms with E-state index >= 15 is 0 Å². The van der Waals surface area contributed by atoms with E-state index < -0.39 is 11.4 Å². The van der Waals surface area contributed by atoms with Crippen LogP contribution >= 0.6 is 0 Å². The highest BCUT2D eigenvalue weighted by Gasteiger charge is 2.39. The van der Waals surface area contributed by atoms with Gasteiger partial charge in [0.15, 0.2) is 5.82 Å². The van der Waals surface area contributed by atoms with E-state index in [0.29, 0.717) is 11.6 Å². The number of fused-ring (bicyclic) bond motifs is 1. The minimum absolute atomic E-state index is 0.405. The van der Waals surface area contributed by atoms with E-state index in [1.807, 2.05) is 25.3 Å². The highest BCUT2D eigenvalue weighted by Crippen LogP contribution is 2.45. The maximum Gasteiger partial charge on any atom is 0.162 e. The van der Waals surface area contributed by atoms with Crippen LogP contribution in [0, 0.1) is 12.8 Å². The maximum atomic E-state index is 13.9. The van der Waals surface area contributed by atoms with Gasteiger partial charge in [0, 0.05) is 0 Å². The number of nitrogens with one attached hydrogen (secondary N) is 1. The number of hydrogen-bond donors (Lipinski definition) is 1. The summed E-state index contributed by atoms with van der Waals surface area (Å²) in [4.78, 5) is 0. The van der Waals surface area contributed by atoms with Gasteiger partial charge < -0.3 is 5.32 Å². The van der Waals surface area contributed by atoms with Crippen molar-refractivity contribution in [2.75, 3.05) is 0 Å².